The molecule has 0 aromatic carbocycles. The second-order valence-corrected chi connectivity index (χ2v) is 4.41. The van der Waals surface area contributed by atoms with Gasteiger partial charge in [0.2, 0.25) is 0 Å². The molecule has 1 heterocycles. The van der Waals surface area contributed by atoms with Crippen LogP contribution in [0.1, 0.15) is 25.7 Å². The molecule has 1 saturated carbocycles. The number of aromatic amines is 1. The van der Waals surface area contributed by atoms with Crippen LogP contribution in [0.15, 0.2) is 17.2 Å². The predicted molar refractivity (Wildman–Crippen MR) is 61.9 cm³/mol. The summed E-state index contributed by atoms with van der Waals surface area (Å²) in [6.07, 6.45) is 6.06. The fraction of sp³-hybridized carbons (Fsp3) is 0.545. The minimum atomic E-state index is -0.796. The van der Waals surface area contributed by atoms with E-state index in [1.807, 2.05) is 0 Å². The molecule has 0 bridgehead atoms. The first kappa shape index (κ1) is 11.6. The Hall–Kier alpha value is -1.85. The second kappa shape index (κ2) is 4.57. The van der Waals surface area contributed by atoms with Crippen LogP contribution in [-0.2, 0) is 4.79 Å². The molecule has 17 heavy (non-hydrogen) atoms. The highest BCUT2D eigenvalue weighted by Gasteiger charge is 2.41. The van der Waals surface area contributed by atoms with Crippen LogP contribution >= 0.6 is 0 Å². The first-order chi connectivity index (χ1) is 8.14. The number of carboxylic acids is 1. The zero-order valence-corrected chi connectivity index (χ0v) is 9.40. The third kappa shape index (κ3) is 2.30. The highest BCUT2D eigenvalue weighted by molar-refractivity contribution is 5.75. The molecule has 1 aliphatic carbocycles. The number of aromatic nitrogens is 2. The van der Waals surface area contributed by atoms with Gasteiger partial charge < -0.3 is 15.4 Å². The highest BCUT2D eigenvalue weighted by Crippen LogP contribution is 2.38. The third-order valence-electron chi connectivity index (χ3n) is 3.32. The number of carbonyl (C=O) groups is 1. The molecule has 6 heteroatoms. The van der Waals surface area contributed by atoms with Gasteiger partial charge in [-0.2, -0.15) is 0 Å². The molecule has 92 valence electrons. The van der Waals surface area contributed by atoms with Crippen LogP contribution in [0.3, 0.4) is 0 Å². The number of carboxylic acid groups (broad SMARTS) is 1. The van der Waals surface area contributed by atoms with E-state index in [2.05, 4.69) is 15.3 Å². The molecule has 1 fully saturated rings. The molecular formula is C11H15N3O3. The Morgan fingerprint density at radius 3 is 2.82 bits per heavy atom. The quantitative estimate of drug-likeness (QED) is 0.720. The first-order valence-corrected chi connectivity index (χ1v) is 5.65. The van der Waals surface area contributed by atoms with Crippen LogP contribution in [0.2, 0.25) is 0 Å². The van der Waals surface area contributed by atoms with E-state index in [-0.39, 0.29) is 17.9 Å². The molecule has 0 aliphatic heterocycles. The van der Waals surface area contributed by atoms with Crippen LogP contribution in [0.5, 0.6) is 0 Å². The third-order valence-corrected chi connectivity index (χ3v) is 3.32. The van der Waals surface area contributed by atoms with Crippen LogP contribution in [0.25, 0.3) is 0 Å². The standard InChI is InChI=1S/C11H15N3O3/c15-9-8(12-5-6-13-9)14-7-11(10(16)17)3-1-2-4-11/h5-6H,1-4,7H2,(H,12,14)(H,13,15)(H,16,17). The van der Waals surface area contributed by atoms with Gasteiger partial charge in [0.1, 0.15) is 0 Å². The number of hydrogen-bond donors (Lipinski definition) is 3. The van der Waals surface area contributed by atoms with Crippen LogP contribution in [0, 0.1) is 5.41 Å². The maximum Gasteiger partial charge on any atom is 0.311 e. The second-order valence-electron chi connectivity index (χ2n) is 4.41. The van der Waals surface area contributed by atoms with Gasteiger partial charge >= 0.3 is 5.97 Å². The molecule has 0 saturated heterocycles. The highest BCUT2D eigenvalue weighted by atomic mass is 16.4. The van der Waals surface area contributed by atoms with E-state index in [1.165, 1.54) is 12.4 Å². The van der Waals surface area contributed by atoms with Crippen molar-refractivity contribution in [1.29, 1.82) is 0 Å². The van der Waals surface area contributed by atoms with Crippen molar-refractivity contribution in [3.8, 4) is 0 Å². The van der Waals surface area contributed by atoms with Crippen molar-refractivity contribution in [3.05, 3.63) is 22.7 Å². The van der Waals surface area contributed by atoms with E-state index < -0.39 is 11.4 Å². The molecule has 6 nitrogen and oxygen atoms in total. The Kier molecular flexibility index (Phi) is 3.12. The minimum Gasteiger partial charge on any atom is -0.481 e. The lowest BCUT2D eigenvalue weighted by atomic mass is 9.86. The topological polar surface area (TPSA) is 95.1 Å². The number of aliphatic carboxylic acids is 1. The zero-order chi connectivity index (χ0) is 12.3. The smallest absolute Gasteiger partial charge is 0.311 e. The maximum absolute atomic E-state index is 11.4. The monoisotopic (exact) mass is 237 g/mol. The average Bonchev–Trinajstić information content (AvgIpc) is 2.78. The summed E-state index contributed by atoms with van der Waals surface area (Å²) in [6.45, 7) is 0.252. The Balaban J connectivity index is 2.09. The van der Waals surface area contributed by atoms with Crippen LogP contribution < -0.4 is 10.9 Å². The van der Waals surface area contributed by atoms with Gasteiger partial charge in [-0.3, -0.25) is 9.59 Å². The molecule has 0 amide bonds. The van der Waals surface area contributed by atoms with Gasteiger partial charge in [0.05, 0.1) is 5.41 Å². The van der Waals surface area contributed by atoms with Gasteiger partial charge in [0.15, 0.2) is 5.82 Å². The number of nitrogens with zero attached hydrogens (tertiary/aromatic N) is 1. The normalized spacial score (nSPS) is 17.9. The summed E-state index contributed by atoms with van der Waals surface area (Å²) in [7, 11) is 0. The van der Waals surface area contributed by atoms with Gasteiger partial charge in [-0.05, 0) is 12.8 Å². The van der Waals surface area contributed by atoms with E-state index in [4.69, 9.17) is 0 Å². The summed E-state index contributed by atoms with van der Waals surface area (Å²) in [6, 6.07) is 0. The van der Waals surface area contributed by atoms with Gasteiger partial charge in [-0.25, -0.2) is 4.98 Å². The largest absolute Gasteiger partial charge is 0.481 e. The summed E-state index contributed by atoms with van der Waals surface area (Å²) in [5, 5.41) is 12.1. The molecule has 0 radical (unpaired) electrons. The van der Waals surface area contributed by atoms with E-state index in [9.17, 15) is 14.7 Å². The van der Waals surface area contributed by atoms with Gasteiger partial charge in [0.25, 0.3) is 5.56 Å². The predicted octanol–water partition coefficient (Wildman–Crippen LogP) is 0.827. The van der Waals surface area contributed by atoms with Crippen molar-refractivity contribution in [2.75, 3.05) is 11.9 Å². The van der Waals surface area contributed by atoms with E-state index in [1.54, 1.807) is 0 Å². The fourth-order valence-corrected chi connectivity index (χ4v) is 2.25. The van der Waals surface area contributed by atoms with Gasteiger partial charge in [0, 0.05) is 18.9 Å². The lowest BCUT2D eigenvalue weighted by Crippen LogP contribution is -2.36. The van der Waals surface area contributed by atoms with Crippen molar-refractivity contribution in [2.45, 2.75) is 25.7 Å². The summed E-state index contributed by atoms with van der Waals surface area (Å²) in [4.78, 5) is 29.0. The number of rotatable bonds is 4. The van der Waals surface area contributed by atoms with Gasteiger partial charge in [-0.15, -0.1) is 0 Å². The lowest BCUT2D eigenvalue weighted by Gasteiger charge is -2.23. The summed E-state index contributed by atoms with van der Waals surface area (Å²) < 4.78 is 0. The molecule has 3 N–H and O–H groups in total. The van der Waals surface area contributed by atoms with E-state index in [0.29, 0.717) is 12.8 Å². The summed E-state index contributed by atoms with van der Waals surface area (Å²) in [5.41, 5.74) is -1.07. The van der Waals surface area contributed by atoms with Crippen molar-refractivity contribution >= 4 is 11.8 Å². The Bertz CT molecular complexity index is 463. The van der Waals surface area contributed by atoms with Crippen molar-refractivity contribution in [2.24, 2.45) is 5.41 Å². The molecule has 1 aromatic heterocycles. The number of hydrogen-bond acceptors (Lipinski definition) is 4. The van der Waals surface area contributed by atoms with E-state index in [0.717, 1.165) is 12.8 Å². The SMILES string of the molecule is O=C(O)C1(CNc2ncc[nH]c2=O)CCCC1. The molecular weight excluding hydrogens is 222 g/mol. The molecule has 0 atom stereocenters. The number of nitrogens with one attached hydrogen (secondary N) is 2. The Morgan fingerprint density at radius 1 is 1.53 bits per heavy atom. The van der Waals surface area contributed by atoms with Crippen molar-refractivity contribution in [1.82, 2.24) is 9.97 Å². The van der Waals surface area contributed by atoms with Crippen LogP contribution in [0.4, 0.5) is 5.82 Å². The van der Waals surface area contributed by atoms with Crippen molar-refractivity contribution in [3.63, 3.8) is 0 Å². The van der Waals surface area contributed by atoms with Crippen molar-refractivity contribution < 1.29 is 9.90 Å². The molecule has 2 rings (SSSR count). The van der Waals surface area contributed by atoms with E-state index >= 15 is 0 Å². The maximum atomic E-state index is 11.4. The number of H-pyrrole nitrogens is 1. The number of anilines is 1. The Morgan fingerprint density at radius 2 is 2.24 bits per heavy atom. The first-order valence-electron chi connectivity index (χ1n) is 5.65. The summed E-state index contributed by atoms with van der Waals surface area (Å²) in [5.74, 6) is -0.616. The lowest BCUT2D eigenvalue weighted by molar-refractivity contribution is -0.147. The molecule has 0 spiro atoms. The molecule has 0 unspecified atom stereocenters. The molecule has 1 aliphatic rings. The van der Waals surface area contributed by atoms with Crippen LogP contribution in [-0.4, -0.2) is 27.6 Å². The average molecular weight is 237 g/mol. The Labute approximate surface area is 98.1 Å². The molecule has 1 aromatic rings. The fourth-order valence-electron chi connectivity index (χ4n) is 2.25. The van der Waals surface area contributed by atoms with Gasteiger partial charge in [-0.1, -0.05) is 12.8 Å². The zero-order valence-electron chi connectivity index (χ0n) is 9.40. The summed E-state index contributed by atoms with van der Waals surface area (Å²) >= 11 is 0. The minimum absolute atomic E-state index is 0.181.